The van der Waals surface area contributed by atoms with Crippen molar-refractivity contribution in [1.29, 1.82) is 0 Å². The zero-order valence-corrected chi connectivity index (χ0v) is 15.0. The fourth-order valence-electron chi connectivity index (χ4n) is 2.17. The smallest absolute Gasteiger partial charge is 0.387 e. The summed E-state index contributed by atoms with van der Waals surface area (Å²) >= 11 is 0. The Morgan fingerprint density at radius 1 is 1.20 bits per heavy atom. The first kappa shape index (κ1) is 23.1. The number of carboxylic acid groups (broad SMARTS) is 1. The molecular weight excluding hydrogens is 358 g/mol. The summed E-state index contributed by atoms with van der Waals surface area (Å²) in [6.07, 6.45) is 0.746. The van der Waals surface area contributed by atoms with Crippen molar-refractivity contribution >= 4 is 24.3 Å². The molecular formula is C16H23ClF2N2O4. The SMILES string of the molecule is CCCN(CC(=O)O)CC(=O)N(C)Cc1ccc(OC(F)F)cc1.Cl. The number of aliphatic carboxylic acids is 1. The highest BCUT2D eigenvalue weighted by molar-refractivity contribution is 5.85. The van der Waals surface area contributed by atoms with E-state index in [1.807, 2.05) is 6.92 Å². The van der Waals surface area contributed by atoms with E-state index >= 15 is 0 Å². The molecule has 0 atom stereocenters. The Bertz CT molecular complexity index is 543. The second-order valence-corrected chi connectivity index (χ2v) is 5.38. The van der Waals surface area contributed by atoms with Crippen LogP contribution in [0, 0.1) is 0 Å². The molecule has 1 rings (SSSR count). The summed E-state index contributed by atoms with van der Waals surface area (Å²) in [5, 5.41) is 8.85. The summed E-state index contributed by atoms with van der Waals surface area (Å²) in [4.78, 5) is 26.0. The minimum atomic E-state index is -2.88. The van der Waals surface area contributed by atoms with E-state index in [0.29, 0.717) is 13.1 Å². The number of halogens is 3. The Kier molecular flexibility index (Phi) is 10.7. The number of likely N-dealkylation sites (N-methyl/N-ethyl adjacent to an activating group) is 1. The Labute approximate surface area is 151 Å². The fourth-order valence-corrected chi connectivity index (χ4v) is 2.17. The van der Waals surface area contributed by atoms with E-state index < -0.39 is 12.6 Å². The van der Waals surface area contributed by atoms with Crippen molar-refractivity contribution in [2.75, 3.05) is 26.7 Å². The molecule has 0 bridgehead atoms. The van der Waals surface area contributed by atoms with Crippen molar-refractivity contribution < 1.29 is 28.2 Å². The quantitative estimate of drug-likeness (QED) is 0.675. The molecule has 9 heteroatoms. The van der Waals surface area contributed by atoms with Gasteiger partial charge >= 0.3 is 12.6 Å². The van der Waals surface area contributed by atoms with Crippen LogP contribution in [0.15, 0.2) is 24.3 Å². The standard InChI is InChI=1S/C16H22F2N2O4.ClH/c1-3-8-20(11-15(22)23)10-14(21)19(2)9-12-4-6-13(7-5-12)24-16(17)18;/h4-7,16H,3,8-11H2,1-2H3,(H,22,23);1H. The molecule has 1 amide bonds. The molecule has 1 aromatic rings. The number of carbonyl (C=O) groups excluding carboxylic acids is 1. The van der Waals surface area contributed by atoms with E-state index in [0.717, 1.165) is 12.0 Å². The van der Waals surface area contributed by atoms with Crippen LogP contribution in [0.5, 0.6) is 5.75 Å². The average molecular weight is 381 g/mol. The first-order valence-electron chi connectivity index (χ1n) is 7.53. The lowest BCUT2D eigenvalue weighted by molar-refractivity contribution is -0.139. The van der Waals surface area contributed by atoms with E-state index in [-0.39, 0.29) is 37.2 Å². The van der Waals surface area contributed by atoms with Gasteiger partial charge in [-0.15, -0.1) is 12.4 Å². The number of benzene rings is 1. The molecule has 0 spiro atoms. The number of carboxylic acids is 1. The van der Waals surface area contributed by atoms with Crippen LogP contribution in [0.25, 0.3) is 0 Å². The first-order valence-corrected chi connectivity index (χ1v) is 7.53. The fraction of sp³-hybridized carbons (Fsp3) is 0.500. The second kappa shape index (κ2) is 11.6. The molecule has 25 heavy (non-hydrogen) atoms. The van der Waals surface area contributed by atoms with E-state index in [1.165, 1.54) is 17.0 Å². The van der Waals surface area contributed by atoms with E-state index in [1.54, 1.807) is 24.1 Å². The summed E-state index contributed by atoms with van der Waals surface area (Å²) in [6, 6.07) is 6.02. The molecule has 1 N–H and O–H groups in total. The number of ether oxygens (including phenoxy) is 1. The monoisotopic (exact) mass is 380 g/mol. The lowest BCUT2D eigenvalue weighted by Crippen LogP contribution is -2.40. The van der Waals surface area contributed by atoms with Crippen LogP contribution in [0.3, 0.4) is 0 Å². The number of carbonyl (C=O) groups is 2. The van der Waals surface area contributed by atoms with E-state index in [4.69, 9.17) is 5.11 Å². The lowest BCUT2D eigenvalue weighted by atomic mass is 10.2. The zero-order valence-electron chi connectivity index (χ0n) is 14.2. The van der Waals surface area contributed by atoms with E-state index in [2.05, 4.69) is 4.74 Å². The van der Waals surface area contributed by atoms with Crippen LogP contribution in [-0.2, 0) is 16.1 Å². The Morgan fingerprint density at radius 2 is 1.80 bits per heavy atom. The maximum Gasteiger partial charge on any atom is 0.387 e. The molecule has 0 unspecified atom stereocenters. The van der Waals surface area contributed by atoms with Crippen molar-refractivity contribution in [2.45, 2.75) is 26.5 Å². The van der Waals surface area contributed by atoms with Crippen LogP contribution in [0.2, 0.25) is 0 Å². The molecule has 0 aliphatic carbocycles. The largest absolute Gasteiger partial charge is 0.480 e. The molecule has 0 fully saturated rings. The Balaban J connectivity index is 0.00000576. The number of amides is 1. The number of hydrogen-bond acceptors (Lipinski definition) is 4. The zero-order chi connectivity index (χ0) is 18.1. The third kappa shape index (κ3) is 9.21. The summed E-state index contributed by atoms with van der Waals surface area (Å²) in [7, 11) is 1.61. The highest BCUT2D eigenvalue weighted by Crippen LogP contribution is 2.15. The summed E-state index contributed by atoms with van der Waals surface area (Å²) in [5.41, 5.74) is 0.757. The normalized spacial score (nSPS) is 10.5. The van der Waals surface area contributed by atoms with Crippen molar-refractivity contribution in [3.05, 3.63) is 29.8 Å². The van der Waals surface area contributed by atoms with Gasteiger partial charge in [-0.05, 0) is 30.7 Å². The van der Waals surface area contributed by atoms with Crippen LogP contribution >= 0.6 is 12.4 Å². The molecule has 0 aliphatic rings. The molecule has 0 saturated carbocycles. The molecule has 6 nitrogen and oxygen atoms in total. The maximum atomic E-state index is 12.2. The molecule has 0 aromatic heterocycles. The van der Waals surface area contributed by atoms with Gasteiger partial charge in [0.15, 0.2) is 0 Å². The highest BCUT2D eigenvalue weighted by Gasteiger charge is 2.16. The van der Waals surface area contributed by atoms with Crippen LogP contribution in [0.4, 0.5) is 8.78 Å². The van der Waals surface area contributed by atoms with E-state index in [9.17, 15) is 18.4 Å². The molecule has 0 radical (unpaired) electrons. The Morgan fingerprint density at radius 3 is 2.28 bits per heavy atom. The van der Waals surface area contributed by atoms with Gasteiger partial charge in [0.1, 0.15) is 5.75 Å². The van der Waals surface area contributed by atoms with Gasteiger partial charge in [-0.3, -0.25) is 14.5 Å². The van der Waals surface area contributed by atoms with Crippen LogP contribution in [0.1, 0.15) is 18.9 Å². The molecule has 1 aromatic carbocycles. The minimum absolute atomic E-state index is 0. The predicted molar refractivity (Wildman–Crippen MR) is 91.2 cm³/mol. The Hall–Kier alpha value is -1.93. The summed E-state index contributed by atoms with van der Waals surface area (Å²) in [6.45, 7) is -0.326. The topological polar surface area (TPSA) is 70.1 Å². The third-order valence-electron chi connectivity index (χ3n) is 3.25. The van der Waals surface area contributed by atoms with Gasteiger partial charge in [0, 0.05) is 13.6 Å². The third-order valence-corrected chi connectivity index (χ3v) is 3.25. The summed E-state index contributed by atoms with van der Waals surface area (Å²) < 4.78 is 28.4. The molecule has 142 valence electrons. The highest BCUT2D eigenvalue weighted by atomic mass is 35.5. The number of hydrogen-bond donors (Lipinski definition) is 1. The van der Waals surface area contributed by atoms with Crippen molar-refractivity contribution in [2.24, 2.45) is 0 Å². The van der Waals surface area contributed by atoms with Crippen molar-refractivity contribution in [3.63, 3.8) is 0 Å². The van der Waals surface area contributed by atoms with Gasteiger partial charge in [0.25, 0.3) is 0 Å². The molecule has 0 aliphatic heterocycles. The number of nitrogens with zero attached hydrogens (tertiary/aromatic N) is 2. The average Bonchev–Trinajstić information content (AvgIpc) is 2.48. The maximum absolute atomic E-state index is 12.2. The lowest BCUT2D eigenvalue weighted by Gasteiger charge is -2.23. The van der Waals surface area contributed by atoms with Crippen LogP contribution < -0.4 is 4.74 Å². The first-order chi connectivity index (χ1) is 11.3. The van der Waals surface area contributed by atoms with Crippen molar-refractivity contribution in [3.8, 4) is 5.75 Å². The van der Waals surface area contributed by atoms with Gasteiger partial charge in [-0.1, -0.05) is 19.1 Å². The minimum Gasteiger partial charge on any atom is -0.480 e. The van der Waals surface area contributed by atoms with Gasteiger partial charge in [-0.2, -0.15) is 8.78 Å². The number of alkyl halides is 2. The van der Waals surface area contributed by atoms with Gasteiger partial charge in [0.05, 0.1) is 13.1 Å². The van der Waals surface area contributed by atoms with Gasteiger partial charge in [0.2, 0.25) is 5.91 Å². The molecule has 0 saturated heterocycles. The predicted octanol–water partition coefficient (Wildman–Crippen LogP) is 2.46. The molecule has 0 heterocycles. The van der Waals surface area contributed by atoms with Gasteiger partial charge in [-0.25, -0.2) is 0 Å². The van der Waals surface area contributed by atoms with Gasteiger partial charge < -0.3 is 14.7 Å². The number of rotatable bonds is 10. The summed E-state index contributed by atoms with van der Waals surface area (Å²) in [5.74, 6) is -1.13. The second-order valence-electron chi connectivity index (χ2n) is 5.38. The van der Waals surface area contributed by atoms with Crippen LogP contribution in [-0.4, -0.2) is 60.1 Å². The van der Waals surface area contributed by atoms with Crippen molar-refractivity contribution in [1.82, 2.24) is 9.80 Å².